The second-order valence-electron chi connectivity index (χ2n) is 11.7. The lowest BCUT2D eigenvalue weighted by molar-refractivity contribution is -0.142. The van der Waals surface area contributed by atoms with Gasteiger partial charge in [-0.05, 0) is 85.5 Å². The molecule has 190 valence electrons. The van der Waals surface area contributed by atoms with E-state index in [4.69, 9.17) is 0 Å². The molecule has 7 heteroatoms. The molecule has 1 aliphatic heterocycles. The van der Waals surface area contributed by atoms with E-state index in [0.29, 0.717) is 23.3 Å². The number of benzene rings is 1. The van der Waals surface area contributed by atoms with Gasteiger partial charge in [-0.25, -0.2) is 0 Å². The van der Waals surface area contributed by atoms with E-state index in [9.17, 15) is 22.8 Å². The van der Waals surface area contributed by atoms with Gasteiger partial charge in [0.1, 0.15) is 0 Å². The molecule has 5 rings (SSSR count). The van der Waals surface area contributed by atoms with Gasteiger partial charge in [0.25, 0.3) is 0 Å². The Hall–Kier alpha value is -2.31. The van der Waals surface area contributed by atoms with Crippen LogP contribution in [0.3, 0.4) is 0 Å². The zero-order valence-corrected chi connectivity index (χ0v) is 20.7. The number of carbonyl (C=O) groups is 2. The molecule has 3 fully saturated rings. The summed E-state index contributed by atoms with van der Waals surface area (Å²) < 4.78 is 39.1. The highest BCUT2D eigenvalue weighted by molar-refractivity contribution is 5.89. The maximum atomic E-state index is 13.3. The normalized spacial score (nSPS) is 38.5. The summed E-state index contributed by atoms with van der Waals surface area (Å²) in [6.07, 6.45) is 5.42. The number of nitrogens with one attached hydrogen (secondary N) is 1. The van der Waals surface area contributed by atoms with Crippen LogP contribution >= 0.6 is 0 Å². The zero-order valence-electron chi connectivity index (χ0n) is 20.7. The molecule has 0 bridgehead atoms. The predicted octanol–water partition coefficient (Wildman–Crippen LogP) is 5.58. The Balaban J connectivity index is 1.29. The maximum absolute atomic E-state index is 13.3. The lowest BCUT2D eigenvalue weighted by Crippen LogP contribution is -2.59. The Kier molecular flexibility index (Phi) is 5.84. The molecule has 0 unspecified atom stereocenters. The molecule has 1 aromatic rings. The number of likely N-dealkylation sites (N-methyl/N-ethyl adjacent to an activating group) is 1. The van der Waals surface area contributed by atoms with Crippen LogP contribution in [0.2, 0.25) is 0 Å². The monoisotopic (exact) mass is 488 g/mol. The molecular weight excluding hydrogens is 453 g/mol. The average Bonchev–Trinajstić information content (AvgIpc) is 3.17. The van der Waals surface area contributed by atoms with Gasteiger partial charge >= 0.3 is 6.18 Å². The average molecular weight is 489 g/mol. The van der Waals surface area contributed by atoms with Crippen molar-refractivity contribution < 1.29 is 22.8 Å². The summed E-state index contributed by atoms with van der Waals surface area (Å²) in [6, 6.07) is 5.41. The number of carbonyl (C=O) groups excluding carboxylic acids is 2. The van der Waals surface area contributed by atoms with Gasteiger partial charge < -0.3 is 10.2 Å². The van der Waals surface area contributed by atoms with Crippen molar-refractivity contribution in [2.24, 2.45) is 34.5 Å². The van der Waals surface area contributed by atoms with Gasteiger partial charge in [-0.2, -0.15) is 13.2 Å². The molecule has 4 nitrogen and oxygen atoms in total. The first kappa shape index (κ1) is 24.4. The van der Waals surface area contributed by atoms with Crippen LogP contribution in [0.5, 0.6) is 0 Å². The van der Waals surface area contributed by atoms with Crippen molar-refractivity contribution >= 4 is 11.8 Å². The number of halogens is 3. The van der Waals surface area contributed by atoms with Crippen LogP contribution in [0, 0.1) is 34.5 Å². The fraction of sp³-hybridized carbons (Fsp3) is 0.643. The van der Waals surface area contributed by atoms with Crippen molar-refractivity contribution in [2.45, 2.75) is 71.1 Å². The second-order valence-corrected chi connectivity index (χ2v) is 11.7. The van der Waals surface area contributed by atoms with Crippen LogP contribution in [0.15, 0.2) is 36.4 Å². The van der Waals surface area contributed by atoms with E-state index in [0.717, 1.165) is 50.7 Å². The lowest BCUT2D eigenvalue weighted by atomic mass is 9.47. The van der Waals surface area contributed by atoms with Crippen LogP contribution in [-0.2, 0) is 22.3 Å². The molecule has 0 radical (unpaired) electrons. The molecular formula is C28H35F3N2O2. The van der Waals surface area contributed by atoms with Crippen molar-refractivity contribution in [3.8, 4) is 0 Å². The van der Waals surface area contributed by atoms with E-state index in [1.54, 1.807) is 12.1 Å². The standard InChI is InChI=1S/C28H35F3N2O2/c1-26-13-11-21-19(7-10-23-27(21,2)14-12-24(34)33(23)3)20(26)8-9-22(26)25(35)32-16-17-5-4-6-18(15-17)28(29,30)31/h4-6,12,14-15,19-23H,7-11,13,16H2,1-3H3,(H,32,35)/t19-,20-,21-,22+,23+,26-,27+/m0/s1. The molecule has 1 heterocycles. The van der Waals surface area contributed by atoms with E-state index in [1.165, 1.54) is 6.07 Å². The van der Waals surface area contributed by atoms with E-state index in [1.807, 2.05) is 11.9 Å². The molecule has 1 aromatic carbocycles. The van der Waals surface area contributed by atoms with Gasteiger partial charge in [0.15, 0.2) is 0 Å². The third kappa shape index (κ3) is 3.89. The third-order valence-corrected chi connectivity index (χ3v) is 10.2. The summed E-state index contributed by atoms with van der Waals surface area (Å²) in [5.74, 6) is 1.43. The summed E-state index contributed by atoms with van der Waals surface area (Å²) >= 11 is 0. The number of alkyl halides is 3. The van der Waals surface area contributed by atoms with Gasteiger partial charge in [-0.3, -0.25) is 9.59 Å². The number of amides is 2. The third-order valence-electron chi connectivity index (χ3n) is 10.2. The summed E-state index contributed by atoms with van der Waals surface area (Å²) in [4.78, 5) is 27.5. The first-order valence-electron chi connectivity index (χ1n) is 12.8. The smallest absolute Gasteiger partial charge is 0.352 e. The topological polar surface area (TPSA) is 49.4 Å². The van der Waals surface area contributed by atoms with Gasteiger partial charge in [0.2, 0.25) is 11.8 Å². The molecule has 35 heavy (non-hydrogen) atoms. The van der Waals surface area contributed by atoms with Crippen molar-refractivity contribution in [1.29, 1.82) is 0 Å². The largest absolute Gasteiger partial charge is 0.416 e. The van der Waals surface area contributed by atoms with Gasteiger partial charge in [-0.15, -0.1) is 0 Å². The summed E-state index contributed by atoms with van der Waals surface area (Å²) in [5.41, 5.74) is -0.353. The van der Waals surface area contributed by atoms with Gasteiger partial charge in [0.05, 0.1) is 5.56 Å². The minimum Gasteiger partial charge on any atom is -0.352 e. The Morgan fingerprint density at radius 1 is 1.11 bits per heavy atom. The minimum atomic E-state index is -4.39. The number of nitrogens with zero attached hydrogens (tertiary/aromatic N) is 1. The zero-order chi connectivity index (χ0) is 25.2. The Morgan fingerprint density at radius 2 is 1.89 bits per heavy atom. The van der Waals surface area contributed by atoms with Crippen molar-refractivity contribution in [2.75, 3.05) is 7.05 Å². The summed E-state index contributed by atoms with van der Waals surface area (Å²) in [7, 11) is 1.92. The number of hydrogen-bond acceptors (Lipinski definition) is 2. The molecule has 1 N–H and O–H groups in total. The highest BCUT2D eigenvalue weighted by Gasteiger charge is 2.61. The van der Waals surface area contributed by atoms with E-state index in [-0.39, 0.29) is 41.1 Å². The first-order valence-corrected chi connectivity index (χ1v) is 12.8. The lowest BCUT2D eigenvalue weighted by Gasteiger charge is -2.60. The second kappa shape index (κ2) is 8.38. The first-order chi connectivity index (χ1) is 16.4. The molecule has 3 saturated carbocycles. The summed E-state index contributed by atoms with van der Waals surface area (Å²) in [5, 5.41) is 2.95. The molecule has 2 amide bonds. The van der Waals surface area contributed by atoms with Gasteiger partial charge in [0, 0.05) is 31.0 Å². The number of rotatable bonds is 3. The van der Waals surface area contributed by atoms with E-state index < -0.39 is 11.7 Å². The fourth-order valence-electron chi connectivity index (χ4n) is 8.34. The van der Waals surface area contributed by atoms with Crippen LogP contribution in [0.25, 0.3) is 0 Å². The van der Waals surface area contributed by atoms with Crippen molar-refractivity contribution in [1.82, 2.24) is 10.2 Å². The fourth-order valence-corrected chi connectivity index (χ4v) is 8.34. The Bertz CT molecular complexity index is 1050. The van der Waals surface area contributed by atoms with Crippen LogP contribution < -0.4 is 5.32 Å². The molecule has 0 saturated heterocycles. The number of fused-ring (bicyclic) bond motifs is 5. The molecule has 7 atom stereocenters. The van der Waals surface area contributed by atoms with Crippen molar-refractivity contribution in [3.63, 3.8) is 0 Å². The molecule has 3 aliphatic carbocycles. The summed E-state index contributed by atoms with van der Waals surface area (Å²) in [6.45, 7) is 4.68. The van der Waals surface area contributed by atoms with E-state index >= 15 is 0 Å². The highest BCUT2D eigenvalue weighted by Crippen LogP contribution is 2.65. The van der Waals surface area contributed by atoms with Crippen LogP contribution in [-0.4, -0.2) is 29.8 Å². The predicted molar refractivity (Wildman–Crippen MR) is 127 cm³/mol. The number of hydrogen-bond donors (Lipinski definition) is 1. The SMILES string of the molecule is CN1C(=O)C=C[C@]2(C)[C@H]3CC[C@]4(C)[C@@H](C(=O)NCc5cccc(C(F)(F)F)c5)CC[C@H]4[C@@H]3CC[C@@H]12. The quantitative estimate of drug-likeness (QED) is 0.604. The van der Waals surface area contributed by atoms with Crippen molar-refractivity contribution in [3.05, 3.63) is 47.5 Å². The Labute approximate surface area is 205 Å². The molecule has 4 aliphatic rings. The van der Waals surface area contributed by atoms with Crippen LogP contribution in [0.4, 0.5) is 13.2 Å². The van der Waals surface area contributed by atoms with Crippen LogP contribution in [0.1, 0.15) is 63.5 Å². The molecule has 0 spiro atoms. The molecule has 0 aromatic heterocycles. The van der Waals surface area contributed by atoms with Gasteiger partial charge in [-0.1, -0.05) is 32.1 Å². The highest BCUT2D eigenvalue weighted by atomic mass is 19.4. The van der Waals surface area contributed by atoms with E-state index in [2.05, 4.69) is 25.2 Å². The maximum Gasteiger partial charge on any atom is 0.416 e. The Morgan fingerprint density at radius 3 is 2.63 bits per heavy atom. The minimum absolute atomic E-state index is 0.0310.